The second-order valence-electron chi connectivity index (χ2n) is 3.94. The van der Waals surface area contributed by atoms with Gasteiger partial charge in [0, 0.05) is 6.54 Å². The zero-order valence-electron chi connectivity index (χ0n) is 8.87. The number of aliphatic imine (C=N–C) groups is 1. The lowest BCUT2D eigenvalue weighted by Crippen LogP contribution is -2.25. The Bertz CT molecular complexity index is 180. The first kappa shape index (κ1) is 11.8. The molecule has 0 saturated carbocycles. The van der Waals surface area contributed by atoms with Gasteiger partial charge in [-0.1, -0.05) is 12.8 Å². The van der Waals surface area contributed by atoms with Crippen LogP contribution in [0.25, 0.3) is 0 Å². The Morgan fingerprint density at radius 1 is 1.07 bits per heavy atom. The maximum Gasteiger partial charge on any atom is 0.0584 e. The number of thiocarbonyl (C=S) groups is 1. The third-order valence-corrected chi connectivity index (χ3v) is 2.89. The van der Waals surface area contributed by atoms with Gasteiger partial charge in [0.05, 0.1) is 5.16 Å². The quantitative estimate of drug-likeness (QED) is 0.395. The van der Waals surface area contributed by atoms with E-state index in [1.165, 1.54) is 51.7 Å². The average Bonchev–Trinajstić information content (AvgIpc) is 2.46. The van der Waals surface area contributed by atoms with Crippen molar-refractivity contribution >= 4 is 17.4 Å². The van der Waals surface area contributed by atoms with Gasteiger partial charge in [-0.3, -0.25) is 0 Å². The Balaban J connectivity index is 2.01. The van der Waals surface area contributed by atoms with Gasteiger partial charge in [0.15, 0.2) is 0 Å². The summed E-state index contributed by atoms with van der Waals surface area (Å²) in [4.78, 5) is 6.51. The van der Waals surface area contributed by atoms with Crippen molar-refractivity contribution in [3.8, 4) is 0 Å². The number of unbranched alkanes of at least 4 members (excludes halogenated alkanes) is 1. The minimum atomic E-state index is 0.858. The molecule has 1 saturated heterocycles. The molecular weight excluding hydrogens is 192 g/mol. The van der Waals surface area contributed by atoms with E-state index in [0.29, 0.717) is 0 Å². The number of nitrogens with zero attached hydrogens (tertiary/aromatic N) is 2. The van der Waals surface area contributed by atoms with Gasteiger partial charge < -0.3 is 4.90 Å². The van der Waals surface area contributed by atoms with Gasteiger partial charge in [-0.05, 0) is 57.5 Å². The number of isothiocyanates is 1. The highest BCUT2D eigenvalue weighted by atomic mass is 32.1. The Labute approximate surface area is 92.4 Å². The first-order valence-corrected chi connectivity index (χ1v) is 6.10. The summed E-state index contributed by atoms with van der Waals surface area (Å²) in [5, 5.41) is 2.41. The van der Waals surface area contributed by atoms with Crippen LogP contribution in [0.5, 0.6) is 0 Å². The summed E-state index contributed by atoms with van der Waals surface area (Å²) in [6.45, 7) is 4.71. The van der Waals surface area contributed by atoms with Crippen LogP contribution in [0, 0.1) is 0 Å². The number of hydrogen-bond acceptors (Lipinski definition) is 3. The molecule has 0 atom stereocenters. The van der Waals surface area contributed by atoms with E-state index in [1.807, 2.05) is 0 Å². The van der Waals surface area contributed by atoms with Crippen LogP contribution in [0.15, 0.2) is 4.99 Å². The zero-order chi connectivity index (χ0) is 10.1. The van der Waals surface area contributed by atoms with Crippen LogP contribution in [0.1, 0.15) is 38.5 Å². The summed E-state index contributed by atoms with van der Waals surface area (Å²) in [7, 11) is 0. The molecule has 0 aliphatic carbocycles. The average molecular weight is 212 g/mol. The molecule has 0 N–H and O–H groups in total. The van der Waals surface area contributed by atoms with Gasteiger partial charge in [0.2, 0.25) is 0 Å². The second kappa shape index (κ2) is 8.10. The minimum absolute atomic E-state index is 0.858. The lowest BCUT2D eigenvalue weighted by Gasteiger charge is -2.18. The Morgan fingerprint density at radius 2 is 1.79 bits per heavy atom. The Kier molecular flexibility index (Phi) is 6.85. The highest BCUT2D eigenvalue weighted by Crippen LogP contribution is 2.10. The third-order valence-electron chi connectivity index (χ3n) is 2.76. The van der Waals surface area contributed by atoms with Crippen LogP contribution in [0.4, 0.5) is 0 Å². The van der Waals surface area contributed by atoms with Crippen molar-refractivity contribution < 1.29 is 0 Å². The molecule has 0 unspecified atom stereocenters. The van der Waals surface area contributed by atoms with Crippen LogP contribution in [-0.2, 0) is 0 Å². The van der Waals surface area contributed by atoms with Crippen molar-refractivity contribution in [3.05, 3.63) is 0 Å². The van der Waals surface area contributed by atoms with E-state index >= 15 is 0 Å². The smallest absolute Gasteiger partial charge is 0.0584 e. The molecule has 1 aliphatic rings. The fraction of sp³-hybridized carbons (Fsp3) is 0.909. The first-order chi connectivity index (χ1) is 6.93. The van der Waals surface area contributed by atoms with E-state index < -0.39 is 0 Å². The predicted octanol–water partition coefficient (Wildman–Crippen LogP) is 2.75. The maximum atomic E-state index is 4.52. The van der Waals surface area contributed by atoms with Gasteiger partial charge >= 0.3 is 0 Å². The van der Waals surface area contributed by atoms with Crippen molar-refractivity contribution in [2.75, 3.05) is 26.2 Å². The summed E-state index contributed by atoms with van der Waals surface area (Å²) in [6, 6.07) is 0. The first-order valence-electron chi connectivity index (χ1n) is 5.69. The molecule has 1 heterocycles. The molecule has 0 spiro atoms. The minimum Gasteiger partial charge on any atom is -0.303 e. The van der Waals surface area contributed by atoms with Crippen LogP contribution >= 0.6 is 12.2 Å². The second-order valence-corrected chi connectivity index (χ2v) is 4.12. The van der Waals surface area contributed by atoms with Crippen molar-refractivity contribution in [2.45, 2.75) is 38.5 Å². The fourth-order valence-corrected chi connectivity index (χ4v) is 2.02. The SMILES string of the molecule is S=C=NCCCCN1CCCCCC1. The lowest BCUT2D eigenvalue weighted by atomic mass is 10.2. The monoisotopic (exact) mass is 212 g/mol. The van der Waals surface area contributed by atoms with Crippen LogP contribution in [0.2, 0.25) is 0 Å². The van der Waals surface area contributed by atoms with E-state index in [4.69, 9.17) is 0 Å². The molecule has 0 aromatic carbocycles. The fourth-order valence-electron chi connectivity index (χ4n) is 1.93. The molecule has 1 rings (SSSR count). The summed E-state index contributed by atoms with van der Waals surface area (Å²) < 4.78 is 0. The van der Waals surface area contributed by atoms with Crippen molar-refractivity contribution in [1.29, 1.82) is 0 Å². The molecule has 0 bridgehead atoms. The molecule has 14 heavy (non-hydrogen) atoms. The van der Waals surface area contributed by atoms with Gasteiger partial charge in [-0.25, -0.2) is 4.99 Å². The molecule has 3 heteroatoms. The van der Waals surface area contributed by atoms with E-state index in [9.17, 15) is 0 Å². The number of rotatable bonds is 5. The van der Waals surface area contributed by atoms with Gasteiger partial charge in [0.25, 0.3) is 0 Å². The van der Waals surface area contributed by atoms with Gasteiger partial charge in [-0.15, -0.1) is 0 Å². The number of hydrogen-bond donors (Lipinski definition) is 0. The summed E-state index contributed by atoms with van der Waals surface area (Å²) >= 11 is 4.52. The molecule has 1 fully saturated rings. The van der Waals surface area contributed by atoms with E-state index in [-0.39, 0.29) is 0 Å². The molecule has 1 aliphatic heterocycles. The van der Waals surface area contributed by atoms with Crippen molar-refractivity contribution in [3.63, 3.8) is 0 Å². The van der Waals surface area contributed by atoms with Crippen molar-refractivity contribution in [2.24, 2.45) is 4.99 Å². The molecule has 0 aromatic heterocycles. The highest BCUT2D eigenvalue weighted by molar-refractivity contribution is 7.78. The predicted molar refractivity (Wildman–Crippen MR) is 64.0 cm³/mol. The van der Waals surface area contributed by atoms with Gasteiger partial charge in [-0.2, -0.15) is 0 Å². The Hall–Kier alpha value is -0.240. The lowest BCUT2D eigenvalue weighted by molar-refractivity contribution is 0.280. The molecule has 0 amide bonds. The number of likely N-dealkylation sites (tertiary alicyclic amines) is 1. The summed E-state index contributed by atoms with van der Waals surface area (Å²) in [5.74, 6) is 0. The molecule has 2 nitrogen and oxygen atoms in total. The molecular formula is C11H20N2S. The van der Waals surface area contributed by atoms with Crippen LogP contribution in [-0.4, -0.2) is 36.2 Å². The van der Waals surface area contributed by atoms with Crippen LogP contribution < -0.4 is 0 Å². The Morgan fingerprint density at radius 3 is 2.43 bits per heavy atom. The third kappa shape index (κ3) is 5.48. The van der Waals surface area contributed by atoms with Crippen LogP contribution in [0.3, 0.4) is 0 Å². The van der Waals surface area contributed by atoms with Gasteiger partial charge in [0.1, 0.15) is 0 Å². The summed E-state index contributed by atoms with van der Waals surface area (Å²) in [6.07, 6.45) is 8.02. The standard InChI is InChI=1S/C11H20N2S/c14-11-12-7-3-6-10-13-8-4-1-2-5-9-13/h1-10H2. The van der Waals surface area contributed by atoms with Crippen molar-refractivity contribution in [1.82, 2.24) is 4.90 Å². The maximum absolute atomic E-state index is 4.52. The summed E-state index contributed by atoms with van der Waals surface area (Å²) in [5.41, 5.74) is 0. The molecule has 0 aromatic rings. The zero-order valence-corrected chi connectivity index (χ0v) is 9.69. The molecule has 0 radical (unpaired) electrons. The highest BCUT2D eigenvalue weighted by Gasteiger charge is 2.07. The molecule has 80 valence electrons. The normalized spacial score (nSPS) is 18.6. The van der Waals surface area contributed by atoms with E-state index in [0.717, 1.165) is 13.0 Å². The largest absolute Gasteiger partial charge is 0.303 e. The van der Waals surface area contributed by atoms with E-state index in [1.54, 1.807) is 0 Å². The topological polar surface area (TPSA) is 15.6 Å². The van der Waals surface area contributed by atoms with E-state index in [2.05, 4.69) is 27.3 Å².